The molecule has 0 rings (SSSR count). The van der Waals surface area contributed by atoms with Crippen molar-refractivity contribution in [3.05, 3.63) is 0 Å². The molecule has 11 heavy (non-hydrogen) atoms. The fourth-order valence-corrected chi connectivity index (χ4v) is 0.941. The number of hydrogen-bond donors (Lipinski definition) is 1. The maximum atomic E-state index is 10.2. The first-order valence-corrected chi connectivity index (χ1v) is 4.91. The van der Waals surface area contributed by atoms with Crippen molar-refractivity contribution >= 4 is 17.7 Å². The van der Waals surface area contributed by atoms with Crippen LogP contribution in [-0.2, 0) is 9.53 Å². The average Bonchev–Trinajstić information content (AvgIpc) is 1.97. The van der Waals surface area contributed by atoms with Crippen LogP contribution in [0, 0.1) is 0 Å². The Kier molecular flexibility index (Phi) is 6.36. The standard InChI is InChI=1S/C7H14O3S/c1-6(7(8)9)10-4-3-5-11-2/h6H,3-5H2,1-2H3,(H,8,9). The van der Waals surface area contributed by atoms with Crippen molar-refractivity contribution in [2.24, 2.45) is 0 Å². The summed E-state index contributed by atoms with van der Waals surface area (Å²) in [5.41, 5.74) is 0. The van der Waals surface area contributed by atoms with Gasteiger partial charge in [-0.2, -0.15) is 11.8 Å². The van der Waals surface area contributed by atoms with Gasteiger partial charge in [-0.1, -0.05) is 0 Å². The van der Waals surface area contributed by atoms with Gasteiger partial charge in [-0.3, -0.25) is 0 Å². The Bertz CT molecular complexity index is 116. The monoisotopic (exact) mass is 178 g/mol. The lowest BCUT2D eigenvalue weighted by atomic mass is 10.4. The van der Waals surface area contributed by atoms with Crippen molar-refractivity contribution in [1.82, 2.24) is 0 Å². The third kappa shape index (κ3) is 6.19. The summed E-state index contributed by atoms with van der Waals surface area (Å²) in [6.45, 7) is 2.08. The number of aliphatic carboxylic acids is 1. The number of thioether (sulfide) groups is 1. The first-order valence-electron chi connectivity index (χ1n) is 3.52. The van der Waals surface area contributed by atoms with Crippen LogP contribution in [0.1, 0.15) is 13.3 Å². The van der Waals surface area contributed by atoms with E-state index in [0.717, 1.165) is 12.2 Å². The molecule has 0 aromatic heterocycles. The van der Waals surface area contributed by atoms with E-state index in [9.17, 15) is 4.79 Å². The maximum absolute atomic E-state index is 10.2. The second kappa shape index (κ2) is 6.49. The van der Waals surface area contributed by atoms with Gasteiger partial charge in [0.05, 0.1) is 0 Å². The highest BCUT2D eigenvalue weighted by Crippen LogP contribution is 1.98. The number of hydrogen-bond acceptors (Lipinski definition) is 3. The van der Waals surface area contributed by atoms with E-state index in [1.54, 1.807) is 18.7 Å². The molecule has 1 unspecified atom stereocenters. The second-order valence-electron chi connectivity index (χ2n) is 2.20. The minimum atomic E-state index is -0.894. The van der Waals surface area contributed by atoms with Gasteiger partial charge in [0, 0.05) is 6.61 Å². The molecule has 0 saturated carbocycles. The fourth-order valence-electron chi connectivity index (χ4n) is 0.535. The number of rotatable bonds is 6. The molecule has 0 saturated heterocycles. The van der Waals surface area contributed by atoms with Crippen LogP contribution in [0.5, 0.6) is 0 Å². The molecule has 0 bridgehead atoms. The number of carbonyl (C=O) groups is 1. The van der Waals surface area contributed by atoms with Crippen LogP contribution in [0.2, 0.25) is 0 Å². The van der Waals surface area contributed by atoms with Crippen molar-refractivity contribution in [2.45, 2.75) is 19.4 Å². The highest BCUT2D eigenvalue weighted by molar-refractivity contribution is 7.98. The van der Waals surface area contributed by atoms with Crippen LogP contribution in [0.4, 0.5) is 0 Å². The van der Waals surface area contributed by atoms with Gasteiger partial charge in [-0.25, -0.2) is 4.79 Å². The van der Waals surface area contributed by atoms with Gasteiger partial charge in [0.25, 0.3) is 0 Å². The SMILES string of the molecule is CSCCCOC(C)C(=O)O. The summed E-state index contributed by atoms with van der Waals surface area (Å²) >= 11 is 1.73. The zero-order valence-electron chi connectivity index (χ0n) is 6.87. The lowest BCUT2D eigenvalue weighted by Crippen LogP contribution is -2.20. The Morgan fingerprint density at radius 2 is 2.36 bits per heavy atom. The molecule has 66 valence electrons. The zero-order chi connectivity index (χ0) is 8.69. The van der Waals surface area contributed by atoms with E-state index in [-0.39, 0.29) is 0 Å². The number of carboxylic acid groups (broad SMARTS) is 1. The summed E-state index contributed by atoms with van der Waals surface area (Å²) in [7, 11) is 0. The highest BCUT2D eigenvalue weighted by Gasteiger charge is 2.09. The van der Waals surface area contributed by atoms with E-state index in [0.29, 0.717) is 6.61 Å². The molecule has 1 N–H and O–H groups in total. The van der Waals surface area contributed by atoms with E-state index >= 15 is 0 Å². The van der Waals surface area contributed by atoms with Gasteiger partial charge in [-0.05, 0) is 25.4 Å². The summed E-state index contributed by atoms with van der Waals surface area (Å²) in [6, 6.07) is 0. The molecule has 0 heterocycles. The molecule has 0 aromatic carbocycles. The normalized spacial score (nSPS) is 12.9. The Hall–Kier alpha value is -0.220. The molecule has 0 aromatic rings. The van der Waals surface area contributed by atoms with E-state index in [4.69, 9.17) is 9.84 Å². The summed E-state index contributed by atoms with van der Waals surface area (Å²) in [5.74, 6) is 0.126. The van der Waals surface area contributed by atoms with Crippen LogP contribution in [-0.4, -0.2) is 35.8 Å². The minimum absolute atomic E-state index is 0.536. The summed E-state index contributed by atoms with van der Waals surface area (Å²) in [4.78, 5) is 10.2. The lowest BCUT2D eigenvalue weighted by molar-refractivity contribution is -0.149. The summed E-state index contributed by atoms with van der Waals surface area (Å²) in [5, 5.41) is 8.41. The Morgan fingerprint density at radius 3 is 2.82 bits per heavy atom. The van der Waals surface area contributed by atoms with E-state index in [1.165, 1.54) is 0 Å². The first kappa shape index (κ1) is 10.8. The van der Waals surface area contributed by atoms with Crippen LogP contribution in [0.25, 0.3) is 0 Å². The van der Waals surface area contributed by atoms with Gasteiger partial charge >= 0.3 is 5.97 Å². The third-order valence-corrected chi connectivity index (χ3v) is 1.91. The van der Waals surface area contributed by atoms with Gasteiger partial charge in [0.1, 0.15) is 0 Å². The van der Waals surface area contributed by atoms with Gasteiger partial charge in [-0.15, -0.1) is 0 Å². The van der Waals surface area contributed by atoms with Gasteiger partial charge in [0.2, 0.25) is 0 Å². The molecule has 4 heteroatoms. The van der Waals surface area contributed by atoms with Crippen molar-refractivity contribution < 1.29 is 14.6 Å². The lowest BCUT2D eigenvalue weighted by Gasteiger charge is -2.06. The van der Waals surface area contributed by atoms with Crippen LogP contribution in [0.3, 0.4) is 0 Å². The smallest absolute Gasteiger partial charge is 0.332 e. The van der Waals surface area contributed by atoms with Crippen molar-refractivity contribution in [3.8, 4) is 0 Å². The topological polar surface area (TPSA) is 46.5 Å². The highest BCUT2D eigenvalue weighted by atomic mass is 32.2. The number of ether oxygens (including phenoxy) is 1. The van der Waals surface area contributed by atoms with E-state index < -0.39 is 12.1 Å². The fraction of sp³-hybridized carbons (Fsp3) is 0.857. The van der Waals surface area contributed by atoms with E-state index in [1.807, 2.05) is 6.26 Å². The zero-order valence-corrected chi connectivity index (χ0v) is 7.69. The molecule has 0 fully saturated rings. The third-order valence-electron chi connectivity index (χ3n) is 1.21. The van der Waals surface area contributed by atoms with Crippen LogP contribution in [0.15, 0.2) is 0 Å². The average molecular weight is 178 g/mol. The van der Waals surface area contributed by atoms with Crippen LogP contribution >= 0.6 is 11.8 Å². The quantitative estimate of drug-likeness (QED) is 0.621. The molecule has 0 amide bonds. The molecule has 0 radical (unpaired) electrons. The molecule has 1 atom stereocenters. The van der Waals surface area contributed by atoms with Crippen molar-refractivity contribution in [3.63, 3.8) is 0 Å². The summed E-state index contributed by atoms with van der Waals surface area (Å²) in [6.07, 6.45) is 2.26. The van der Waals surface area contributed by atoms with Crippen LogP contribution < -0.4 is 0 Å². The maximum Gasteiger partial charge on any atom is 0.332 e. The van der Waals surface area contributed by atoms with Crippen molar-refractivity contribution in [1.29, 1.82) is 0 Å². The molecular formula is C7H14O3S. The molecule has 0 aliphatic rings. The van der Waals surface area contributed by atoms with Gasteiger partial charge < -0.3 is 9.84 Å². The Labute approximate surface area is 71.1 Å². The molecule has 0 aliphatic heterocycles. The Morgan fingerprint density at radius 1 is 1.73 bits per heavy atom. The Balaban J connectivity index is 3.17. The van der Waals surface area contributed by atoms with Crippen molar-refractivity contribution in [2.75, 3.05) is 18.6 Å². The first-order chi connectivity index (χ1) is 5.18. The minimum Gasteiger partial charge on any atom is -0.479 e. The molecule has 3 nitrogen and oxygen atoms in total. The predicted octanol–water partition coefficient (Wildman–Crippen LogP) is 1.23. The molecule has 0 aliphatic carbocycles. The molecule has 0 spiro atoms. The second-order valence-corrected chi connectivity index (χ2v) is 3.18. The largest absolute Gasteiger partial charge is 0.479 e. The number of carboxylic acids is 1. The predicted molar refractivity (Wildman–Crippen MR) is 46.0 cm³/mol. The van der Waals surface area contributed by atoms with E-state index in [2.05, 4.69) is 0 Å². The summed E-state index contributed by atoms with van der Waals surface area (Å²) < 4.78 is 4.99. The molecular weight excluding hydrogens is 164 g/mol. The van der Waals surface area contributed by atoms with Gasteiger partial charge in [0.15, 0.2) is 6.10 Å².